The van der Waals surface area contributed by atoms with E-state index in [1.807, 2.05) is 38.1 Å². The maximum absolute atomic E-state index is 11.8. The monoisotopic (exact) mass is 232 g/mol. The molecule has 0 spiro atoms. The van der Waals surface area contributed by atoms with Crippen LogP contribution in [-0.2, 0) is 4.84 Å². The van der Waals surface area contributed by atoms with Crippen molar-refractivity contribution in [1.82, 2.24) is 10.5 Å². The molecule has 4 nitrogen and oxygen atoms in total. The van der Waals surface area contributed by atoms with E-state index in [0.717, 1.165) is 10.9 Å². The van der Waals surface area contributed by atoms with Crippen LogP contribution in [0.15, 0.2) is 30.5 Å². The normalized spacial score (nSPS) is 11.0. The molecule has 17 heavy (non-hydrogen) atoms. The standard InChI is InChI=1S/C13H16N2O2/c1-9(2)8-17-15-13(16)11-7-14-12-6-4-3-5-10(11)12/h3-7,9,14H,8H2,1-2H3,(H,15,16). The van der Waals surface area contributed by atoms with E-state index in [0.29, 0.717) is 18.1 Å². The van der Waals surface area contributed by atoms with Crippen LogP contribution in [0.4, 0.5) is 0 Å². The van der Waals surface area contributed by atoms with E-state index in [4.69, 9.17) is 4.84 Å². The van der Waals surface area contributed by atoms with Crippen LogP contribution in [0.2, 0.25) is 0 Å². The van der Waals surface area contributed by atoms with Gasteiger partial charge in [-0.1, -0.05) is 32.0 Å². The first-order valence-electron chi connectivity index (χ1n) is 5.66. The molecule has 0 fully saturated rings. The maximum atomic E-state index is 11.8. The highest BCUT2D eigenvalue weighted by atomic mass is 16.6. The molecule has 0 radical (unpaired) electrons. The summed E-state index contributed by atoms with van der Waals surface area (Å²) in [6.45, 7) is 4.56. The highest BCUT2D eigenvalue weighted by Gasteiger charge is 2.11. The predicted octanol–water partition coefficient (Wildman–Crippen LogP) is 2.49. The smallest absolute Gasteiger partial charge is 0.277 e. The Hall–Kier alpha value is -1.81. The van der Waals surface area contributed by atoms with Gasteiger partial charge in [-0.3, -0.25) is 9.63 Å². The lowest BCUT2D eigenvalue weighted by Gasteiger charge is -2.06. The number of aromatic nitrogens is 1. The molecule has 0 aliphatic rings. The molecular formula is C13H16N2O2. The van der Waals surface area contributed by atoms with Crippen LogP contribution < -0.4 is 5.48 Å². The fourth-order valence-corrected chi connectivity index (χ4v) is 1.59. The highest BCUT2D eigenvalue weighted by molar-refractivity contribution is 6.06. The van der Waals surface area contributed by atoms with Crippen molar-refractivity contribution in [3.63, 3.8) is 0 Å². The molecule has 1 heterocycles. The Labute approximate surface area is 99.9 Å². The Morgan fingerprint density at radius 2 is 2.18 bits per heavy atom. The summed E-state index contributed by atoms with van der Waals surface area (Å²) < 4.78 is 0. The number of benzene rings is 1. The van der Waals surface area contributed by atoms with E-state index >= 15 is 0 Å². The van der Waals surface area contributed by atoms with Gasteiger partial charge in [-0.2, -0.15) is 0 Å². The first-order valence-corrected chi connectivity index (χ1v) is 5.66. The predicted molar refractivity (Wildman–Crippen MR) is 66.6 cm³/mol. The largest absolute Gasteiger partial charge is 0.360 e. The second-order valence-corrected chi connectivity index (χ2v) is 4.38. The number of hydroxylamine groups is 1. The minimum atomic E-state index is -0.219. The van der Waals surface area contributed by atoms with Gasteiger partial charge in [0.05, 0.1) is 12.2 Å². The number of hydrogen-bond donors (Lipinski definition) is 2. The number of H-pyrrole nitrogens is 1. The topological polar surface area (TPSA) is 54.1 Å². The molecule has 2 rings (SSSR count). The molecule has 0 atom stereocenters. The van der Waals surface area contributed by atoms with Gasteiger partial charge in [0.1, 0.15) is 0 Å². The van der Waals surface area contributed by atoms with Gasteiger partial charge in [-0.25, -0.2) is 5.48 Å². The van der Waals surface area contributed by atoms with Crippen LogP contribution >= 0.6 is 0 Å². The van der Waals surface area contributed by atoms with Gasteiger partial charge in [-0.05, 0) is 12.0 Å². The summed E-state index contributed by atoms with van der Waals surface area (Å²) in [6, 6.07) is 7.67. The second-order valence-electron chi connectivity index (χ2n) is 4.38. The van der Waals surface area contributed by atoms with Crippen molar-refractivity contribution in [1.29, 1.82) is 0 Å². The summed E-state index contributed by atoms with van der Waals surface area (Å²) in [7, 11) is 0. The molecule has 2 aromatic rings. The minimum Gasteiger partial charge on any atom is -0.360 e. The summed E-state index contributed by atoms with van der Waals surface area (Å²) in [5, 5.41) is 0.901. The first kappa shape index (κ1) is 11.7. The Morgan fingerprint density at radius 3 is 2.94 bits per heavy atom. The maximum Gasteiger partial charge on any atom is 0.277 e. The van der Waals surface area contributed by atoms with Crippen LogP contribution in [0.25, 0.3) is 10.9 Å². The summed E-state index contributed by atoms with van der Waals surface area (Å²) in [6.07, 6.45) is 1.69. The van der Waals surface area contributed by atoms with Gasteiger partial charge in [-0.15, -0.1) is 0 Å². The number of hydrogen-bond acceptors (Lipinski definition) is 2. The average Bonchev–Trinajstić information content (AvgIpc) is 2.72. The van der Waals surface area contributed by atoms with Crippen molar-refractivity contribution < 1.29 is 9.63 Å². The van der Waals surface area contributed by atoms with Gasteiger partial charge in [0, 0.05) is 17.1 Å². The Morgan fingerprint density at radius 1 is 1.41 bits per heavy atom. The number of aromatic amines is 1. The number of carbonyl (C=O) groups excluding carboxylic acids is 1. The molecule has 4 heteroatoms. The lowest BCUT2D eigenvalue weighted by Crippen LogP contribution is -2.25. The molecular weight excluding hydrogens is 216 g/mol. The van der Waals surface area contributed by atoms with Crippen molar-refractivity contribution in [2.24, 2.45) is 5.92 Å². The Kier molecular flexibility index (Phi) is 3.44. The van der Waals surface area contributed by atoms with Crippen LogP contribution in [-0.4, -0.2) is 17.5 Å². The number of carbonyl (C=O) groups is 1. The molecule has 1 aromatic heterocycles. The Balaban J connectivity index is 2.09. The molecule has 1 amide bonds. The summed E-state index contributed by atoms with van der Waals surface area (Å²) in [5.41, 5.74) is 4.00. The number of rotatable bonds is 4. The lowest BCUT2D eigenvalue weighted by molar-refractivity contribution is 0.0210. The summed E-state index contributed by atoms with van der Waals surface area (Å²) in [4.78, 5) is 20.0. The van der Waals surface area contributed by atoms with E-state index in [1.54, 1.807) is 6.20 Å². The first-order chi connectivity index (χ1) is 8.18. The van der Waals surface area contributed by atoms with Crippen LogP contribution in [0.1, 0.15) is 24.2 Å². The fourth-order valence-electron chi connectivity index (χ4n) is 1.59. The molecule has 90 valence electrons. The second kappa shape index (κ2) is 5.01. The molecule has 1 aromatic carbocycles. The number of amides is 1. The average molecular weight is 232 g/mol. The summed E-state index contributed by atoms with van der Waals surface area (Å²) >= 11 is 0. The molecule has 0 bridgehead atoms. The van der Waals surface area contributed by atoms with E-state index in [1.165, 1.54) is 0 Å². The lowest BCUT2D eigenvalue weighted by atomic mass is 10.2. The van der Waals surface area contributed by atoms with E-state index in [2.05, 4.69) is 10.5 Å². The Bertz CT molecular complexity index is 517. The van der Waals surface area contributed by atoms with Crippen molar-refractivity contribution in [3.8, 4) is 0 Å². The molecule has 0 unspecified atom stereocenters. The van der Waals surface area contributed by atoms with Gasteiger partial charge in [0.15, 0.2) is 0 Å². The van der Waals surface area contributed by atoms with Crippen LogP contribution in [0, 0.1) is 5.92 Å². The fraction of sp³-hybridized carbons (Fsp3) is 0.308. The van der Waals surface area contributed by atoms with Crippen LogP contribution in [0.3, 0.4) is 0 Å². The van der Waals surface area contributed by atoms with Crippen LogP contribution in [0.5, 0.6) is 0 Å². The van der Waals surface area contributed by atoms with Gasteiger partial charge in [0.25, 0.3) is 5.91 Å². The minimum absolute atomic E-state index is 0.219. The van der Waals surface area contributed by atoms with Crippen molar-refractivity contribution in [2.75, 3.05) is 6.61 Å². The third-order valence-corrected chi connectivity index (χ3v) is 2.42. The SMILES string of the molecule is CC(C)CONC(=O)c1c[nH]c2ccccc12. The number of para-hydroxylation sites is 1. The van der Waals surface area contributed by atoms with E-state index in [9.17, 15) is 4.79 Å². The van der Waals surface area contributed by atoms with E-state index in [-0.39, 0.29) is 5.91 Å². The zero-order valence-electron chi connectivity index (χ0n) is 9.99. The van der Waals surface area contributed by atoms with E-state index < -0.39 is 0 Å². The molecule has 0 saturated carbocycles. The molecule has 0 aliphatic carbocycles. The van der Waals surface area contributed by atoms with Gasteiger partial charge in [0.2, 0.25) is 0 Å². The van der Waals surface area contributed by atoms with Gasteiger partial charge >= 0.3 is 0 Å². The third-order valence-electron chi connectivity index (χ3n) is 2.42. The number of nitrogens with one attached hydrogen (secondary N) is 2. The molecule has 2 N–H and O–H groups in total. The zero-order valence-corrected chi connectivity index (χ0v) is 9.99. The zero-order chi connectivity index (χ0) is 12.3. The highest BCUT2D eigenvalue weighted by Crippen LogP contribution is 2.17. The van der Waals surface area contributed by atoms with Crippen molar-refractivity contribution >= 4 is 16.8 Å². The quantitative estimate of drug-likeness (QED) is 0.796. The molecule has 0 saturated heterocycles. The summed E-state index contributed by atoms with van der Waals surface area (Å²) in [5.74, 6) is 0.168. The van der Waals surface area contributed by atoms with Crippen molar-refractivity contribution in [3.05, 3.63) is 36.0 Å². The molecule has 0 aliphatic heterocycles. The van der Waals surface area contributed by atoms with Gasteiger partial charge < -0.3 is 4.98 Å². The third kappa shape index (κ3) is 2.65. The number of fused-ring (bicyclic) bond motifs is 1. The van der Waals surface area contributed by atoms with Crippen molar-refractivity contribution in [2.45, 2.75) is 13.8 Å².